The Morgan fingerprint density at radius 1 is 1.40 bits per heavy atom. The van der Waals surface area contributed by atoms with Crippen LogP contribution in [-0.4, -0.2) is 35.7 Å². The van der Waals surface area contributed by atoms with Crippen LogP contribution in [0.4, 0.5) is 0 Å². The molecule has 1 aromatic heterocycles. The van der Waals surface area contributed by atoms with Crippen molar-refractivity contribution in [2.24, 2.45) is 5.41 Å². The maximum absolute atomic E-state index is 11.9. The molecule has 6 nitrogen and oxygen atoms in total. The van der Waals surface area contributed by atoms with Gasteiger partial charge in [0.25, 0.3) is 0 Å². The lowest BCUT2D eigenvalue weighted by Crippen LogP contribution is -2.40. The minimum absolute atomic E-state index is 0.0563. The van der Waals surface area contributed by atoms with Crippen LogP contribution < -0.4 is 4.74 Å². The number of carboxylic acid groups (broad SMARTS) is 1. The van der Waals surface area contributed by atoms with Gasteiger partial charge in [-0.2, -0.15) is 0 Å². The minimum atomic E-state index is -1.66. The first-order valence-electron chi connectivity index (χ1n) is 6.25. The summed E-state index contributed by atoms with van der Waals surface area (Å²) in [5.74, 6) is -1.43. The molecule has 0 saturated carbocycles. The second-order valence-electron chi connectivity index (χ2n) is 4.67. The largest absolute Gasteiger partial charge is 0.497 e. The first-order valence-corrected chi connectivity index (χ1v) is 6.25. The van der Waals surface area contributed by atoms with E-state index in [2.05, 4.69) is 4.98 Å². The molecule has 0 spiro atoms. The number of hydrogen-bond acceptors (Lipinski definition) is 5. The van der Waals surface area contributed by atoms with Gasteiger partial charge in [0.15, 0.2) is 5.41 Å². The van der Waals surface area contributed by atoms with Gasteiger partial charge in [-0.05, 0) is 20.8 Å². The Kier molecular flexibility index (Phi) is 5.07. The molecule has 20 heavy (non-hydrogen) atoms. The van der Waals surface area contributed by atoms with Crippen molar-refractivity contribution in [2.45, 2.75) is 27.2 Å². The lowest BCUT2D eigenvalue weighted by molar-refractivity contribution is -0.167. The zero-order chi connectivity index (χ0) is 15.3. The first kappa shape index (κ1) is 15.9. The molecule has 0 aromatic carbocycles. The number of aryl methyl sites for hydroxylation is 1. The molecular formula is C14H19NO5. The van der Waals surface area contributed by atoms with Gasteiger partial charge in [-0.3, -0.25) is 14.6 Å². The van der Waals surface area contributed by atoms with Gasteiger partial charge in [-0.1, -0.05) is 0 Å². The van der Waals surface area contributed by atoms with E-state index in [4.69, 9.17) is 9.47 Å². The normalized spacial score (nSPS) is 13.4. The highest BCUT2D eigenvalue weighted by molar-refractivity contribution is 5.98. The zero-order valence-corrected chi connectivity index (χ0v) is 12.1. The Morgan fingerprint density at radius 2 is 2.05 bits per heavy atom. The van der Waals surface area contributed by atoms with Crippen molar-refractivity contribution < 1.29 is 24.2 Å². The third-order valence-electron chi connectivity index (χ3n) is 2.95. The molecule has 1 N–H and O–H groups in total. The van der Waals surface area contributed by atoms with Crippen LogP contribution in [0, 0.1) is 12.3 Å². The van der Waals surface area contributed by atoms with Crippen LogP contribution in [0.5, 0.6) is 5.75 Å². The topological polar surface area (TPSA) is 85.7 Å². The zero-order valence-electron chi connectivity index (χ0n) is 12.1. The number of carbonyl (C=O) groups is 2. The van der Waals surface area contributed by atoms with Crippen molar-refractivity contribution in [2.75, 3.05) is 13.7 Å². The molecule has 0 amide bonds. The van der Waals surface area contributed by atoms with Crippen molar-refractivity contribution in [3.8, 4) is 5.75 Å². The van der Waals surface area contributed by atoms with Crippen LogP contribution in [0.25, 0.3) is 0 Å². The van der Waals surface area contributed by atoms with Crippen molar-refractivity contribution in [1.29, 1.82) is 0 Å². The number of hydrogen-bond donors (Lipinski definition) is 1. The van der Waals surface area contributed by atoms with Crippen molar-refractivity contribution in [3.05, 3.63) is 23.5 Å². The Labute approximate surface area is 117 Å². The molecule has 1 atom stereocenters. The molecule has 0 saturated heterocycles. The number of carboxylic acids is 1. The summed E-state index contributed by atoms with van der Waals surface area (Å²) in [7, 11) is 1.51. The molecule has 1 heterocycles. The van der Waals surface area contributed by atoms with Gasteiger partial charge < -0.3 is 14.6 Å². The quantitative estimate of drug-likeness (QED) is 0.629. The first-order chi connectivity index (χ1) is 9.33. The number of esters is 1. The van der Waals surface area contributed by atoms with Gasteiger partial charge in [-0.15, -0.1) is 0 Å². The summed E-state index contributed by atoms with van der Waals surface area (Å²) in [5.41, 5.74) is -0.502. The fraction of sp³-hybridized carbons (Fsp3) is 0.500. The molecule has 0 aliphatic rings. The highest BCUT2D eigenvalue weighted by Crippen LogP contribution is 2.26. The summed E-state index contributed by atoms with van der Waals surface area (Å²) in [6.45, 7) is 4.87. The SMILES string of the molecule is CCOC(=O)C(C)(Cc1cc(OC)cc(C)n1)C(=O)O. The van der Waals surface area contributed by atoms with E-state index in [1.807, 2.05) is 0 Å². The highest BCUT2D eigenvalue weighted by Gasteiger charge is 2.43. The van der Waals surface area contributed by atoms with Crippen LogP contribution in [-0.2, 0) is 20.7 Å². The lowest BCUT2D eigenvalue weighted by atomic mass is 9.85. The second-order valence-corrected chi connectivity index (χ2v) is 4.67. The Hall–Kier alpha value is -2.11. The average molecular weight is 281 g/mol. The number of pyridine rings is 1. The number of aromatic nitrogens is 1. The summed E-state index contributed by atoms with van der Waals surface area (Å²) in [4.78, 5) is 27.6. The molecule has 1 rings (SSSR count). The van der Waals surface area contributed by atoms with Gasteiger partial charge in [0, 0.05) is 29.9 Å². The van der Waals surface area contributed by atoms with Gasteiger partial charge in [-0.25, -0.2) is 0 Å². The number of carbonyl (C=O) groups excluding carboxylic acids is 1. The fourth-order valence-corrected chi connectivity index (χ4v) is 1.80. The van der Waals surface area contributed by atoms with E-state index >= 15 is 0 Å². The molecule has 0 aliphatic heterocycles. The predicted octanol–water partition coefficient (Wildman–Crippen LogP) is 1.60. The number of ether oxygens (including phenoxy) is 2. The molecular weight excluding hydrogens is 262 g/mol. The molecule has 6 heteroatoms. The number of nitrogens with zero attached hydrogens (tertiary/aromatic N) is 1. The molecule has 0 radical (unpaired) electrons. The molecule has 1 aromatic rings. The summed E-state index contributed by atoms with van der Waals surface area (Å²) in [5, 5.41) is 9.33. The van der Waals surface area contributed by atoms with Gasteiger partial charge in [0.05, 0.1) is 13.7 Å². The standard InChI is InChI=1S/C14H19NO5/c1-5-20-13(18)14(3,12(16)17)8-10-7-11(19-4)6-9(2)15-10/h6-7H,5,8H2,1-4H3,(H,16,17). The van der Waals surface area contributed by atoms with E-state index < -0.39 is 17.4 Å². The van der Waals surface area contributed by atoms with Crippen molar-refractivity contribution in [1.82, 2.24) is 4.98 Å². The predicted molar refractivity (Wildman–Crippen MR) is 71.6 cm³/mol. The minimum Gasteiger partial charge on any atom is -0.497 e. The van der Waals surface area contributed by atoms with Crippen molar-refractivity contribution in [3.63, 3.8) is 0 Å². The lowest BCUT2D eigenvalue weighted by Gasteiger charge is -2.22. The molecule has 1 unspecified atom stereocenters. The molecule has 0 aliphatic carbocycles. The average Bonchev–Trinajstić information content (AvgIpc) is 2.37. The summed E-state index contributed by atoms with van der Waals surface area (Å²) >= 11 is 0. The van der Waals surface area contributed by atoms with E-state index in [0.29, 0.717) is 17.1 Å². The highest BCUT2D eigenvalue weighted by atomic mass is 16.5. The summed E-state index contributed by atoms with van der Waals surface area (Å²) < 4.78 is 9.96. The third kappa shape index (κ3) is 3.46. The molecule has 0 bridgehead atoms. The van der Waals surface area contributed by atoms with E-state index in [9.17, 15) is 14.7 Å². The van der Waals surface area contributed by atoms with E-state index in [-0.39, 0.29) is 13.0 Å². The monoisotopic (exact) mass is 281 g/mol. The Balaban J connectivity index is 3.11. The number of aliphatic carboxylic acids is 1. The van der Waals surface area contributed by atoms with Crippen LogP contribution in [0.2, 0.25) is 0 Å². The van der Waals surface area contributed by atoms with Crippen LogP contribution >= 0.6 is 0 Å². The smallest absolute Gasteiger partial charge is 0.323 e. The second kappa shape index (κ2) is 6.36. The van der Waals surface area contributed by atoms with Crippen LogP contribution in [0.1, 0.15) is 25.2 Å². The maximum atomic E-state index is 11.9. The number of methoxy groups -OCH3 is 1. The van der Waals surface area contributed by atoms with Crippen LogP contribution in [0.3, 0.4) is 0 Å². The van der Waals surface area contributed by atoms with Crippen LogP contribution in [0.15, 0.2) is 12.1 Å². The van der Waals surface area contributed by atoms with E-state index in [1.54, 1.807) is 26.0 Å². The van der Waals surface area contributed by atoms with Gasteiger partial charge in [0.2, 0.25) is 0 Å². The fourth-order valence-electron chi connectivity index (χ4n) is 1.80. The summed E-state index contributed by atoms with van der Waals surface area (Å²) in [6.07, 6.45) is -0.0563. The van der Waals surface area contributed by atoms with Crippen molar-refractivity contribution >= 4 is 11.9 Å². The van der Waals surface area contributed by atoms with Gasteiger partial charge in [0.1, 0.15) is 5.75 Å². The Morgan fingerprint density at radius 3 is 2.55 bits per heavy atom. The van der Waals surface area contributed by atoms with E-state index in [1.165, 1.54) is 14.0 Å². The Bertz CT molecular complexity index is 514. The molecule has 110 valence electrons. The van der Waals surface area contributed by atoms with Gasteiger partial charge >= 0.3 is 11.9 Å². The third-order valence-corrected chi connectivity index (χ3v) is 2.95. The summed E-state index contributed by atoms with van der Waals surface area (Å²) in [6, 6.07) is 3.35. The van der Waals surface area contributed by atoms with E-state index in [0.717, 1.165) is 0 Å². The number of rotatable bonds is 6. The maximum Gasteiger partial charge on any atom is 0.323 e. The molecule has 0 fully saturated rings.